The van der Waals surface area contributed by atoms with Crippen molar-refractivity contribution in [3.8, 4) is 0 Å². The lowest BCUT2D eigenvalue weighted by atomic mass is 10.1. The van der Waals surface area contributed by atoms with Crippen LogP contribution in [0.1, 0.15) is 32.6 Å². The minimum atomic E-state index is 0.272. The number of nitrogens with zero attached hydrogens (tertiary/aromatic N) is 1. The minimum absolute atomic E-state index is 0.272. The Morgan fingerprint density at radius 1 is 1.37 bits per heavy atom. The summed E-state index contributed by atoms with van der Waals surface area (Å²) in [6.45, 7) is 2.03. The van der Waals surface area contributed by atoms with E-state index in [-0.39, 0.29) is 6.04 Å². The van der Waals surface area contributed by atoms with Crippen molar-refractivity contribution >= 4 is 23.1 Å². The quantitative estimate of drug-likeness (QED) is 0.936. The van der Waals surface area contributed by atoms with Gasteiger partial charge in [0, 0.05) is 27.4 Å². The molecule has 0 bridgehead atoms. The number of hydrogen-bond acceptors (Lipinski definition) is 4. The molecule has 19 heavy (non-hydrogen) atoms. The van der Waals surface area contributed by atoms with Crippen molar-refractivity contribution < 1.29 is 0 Å². The summed E-state index contributed by atoms with van der Waals surface area (Å²) >= 11 is 4.01. The average Bonchev–Trinajstić information content (AvgIpc) is 2.85. The summed E-state index contributed by atoms with van der Waals surface area (Å²) in [4.78, 5) is 7.41. The smallest absolute Gasteiger partial charge is 0.0683 e. The summed E-state index contributed by atoms with van der Waals surface area (Å²) < 4.78 is 0. The molecular weight excluding hydrogens is 272 g/mol. The highest BCUT2D eigenvalue weighted by Crippen LogP contribution is 2.36. The molecule has 1 aliphatic heterocycles. The molecule has 0 aromatic carbocycles. The van der Waals surface area contributed by atoms with Crippen LogP contribution in [-0.4, -0.2) is 17.8 Å². The molecule has 1 unspecified atom stereocenters. The van der Waals surface area contributed by atoms with Crippen molar-refractivity contribution in [2.75, 3.05) is 12.8 Å². The number of rotatable bonds is 3. The van der Waals surface area contributed by atoms with Crippen LogP contribution < -0.4 is 5.32 Å². The van der Waals surface area contributed by atoms with Gasteiger partial charge in [0.05, 0.1) is 6.04 Å². The SMILES string of the molecule is CNC(c1ccc(C)nc1)c1cc2c(s1)CCSC2. The highest BCUT2D eigenvalue weighted by molar-refractivity contribution is 7.98. The maximum absolute atomic E-state index is 4.42. The van der Waals surface area contributed by atoms with E-state index in [2.05, 4.69) is 28.5 Å². The maximum Gasteiger partial charge on any atom is 0.0683 e. The standard InChI is InChI=1S/C15H18N2S2/c1-10-3-4-11(8-17-10)15(16-2)14-7-12-9-18-6-5-13(12)19-14/h3-4,7-8,15-16H,5-6,9H2,1-2H3. The highest BCUT2D eigenvalue weighted by atomic mass is 32.2. The lowest BCUT2D eigenvalue weighted by Crippen LogP contribution is -2.16. The molecular formula is C15H18N2S2. The Morgan fingerprint density at radius 3 is 2.95 bits per heavy atom. The predicted molar refractivity (Wildman–Crippen MR) is 84.1 cm³/mol. The first-order chi connectivity index (χ1) is 9.28. The van der Waals surface area contributed by atoms with Gasteiger partial charge in [-0.05, 0) is 49.4 Å². The molecule has 0 fully saturated rings. The van der Waals surface area contributed by atoms with Gasteiger partial charge >= 0.3 is 0 Å². The number of thioether (sulfide) groups is 1. The molecule has 2 aromatic heterocycles. The van der Waals surface area contributed by atoms with E-state index in [1.165, 1.54) is 33.9 Å². The van der Waals surface area contributed by atoms with E-state index in [1.807, 2.05) is 43.3 Å². The van der Waals surface area contributed by atoms with Crippen LogP contribution in [0.5, 0.6) is 0 Å². The zero-order chi connectivity index (χ0) is 13.2. The molecule has 1 aliphatic rings. The molecule has 2 nitrogen and oxygen atoms in total. The molecule has 1 atom stereocenters. The Morgan fingerprint density at radius 2 is 2.26 bits per heavy atom. The van der Waals surface area contributed by atoms with Gasteiger partial charge in [0.1, 0.15) is 0 Å². The molecule has 0 saturated carbocycles. The minimum Gasteiger partial charge on any atom is -0.309 e. The molecule has 1 N–H and O–H groups in total. The Bertz CT molecular complexity index is 537. The summed E-state index contributed by atoms with van der Waals surface area (Å²) in [5, 5.41) is 3.43. The van der Waals surface area contributed by atoms with Gasteiger partial charge in [-0.1, -0.05) is 6.07 Å². The van der Waals surface area contributed by atoms with Gasteiger partial charge < -0.3 is 5.32 Å². The molecule has 3 heterocycles. The van der Waals surface area contributed by atoms with Crippen LogP contribution in [0.3, 0.4) is 0 Å². The molecule has 0 radical (unpaired) electrons. The van der Waals surface area contributed by atoms with Crippen molar-refractivity contribution in [1.29, 1.82) is 0 Å². The molecule has 100 valence electrons. The van der Waals surface area contributed by atoms with Crippen molar-refractivity contribution in [2.45, 2.75) is 25.1 Å². The number of aryl methyl sites for hydroxylation is 2. The Hall–Kier alpha value is -0.840. The Labute approximate surface area is 122 Å². The van der Waals surface area contributed by atoms with Gasteiger partial charge in [0.2, 0.25) is 0 Å². The fourth-order valence-corrected chi connectivity index (χ4v) is 4.95. The number of thiophene rings is 1. The van der Waals surface area contributed by atoms with Gasteiger partial charge in [0.25, 0.3) is 0 Å². The molecule has 2 aromatic rings. The fourth-order valence-electron chi connectivity index (χ4n) is 2.44. The van der Waals surface area contributed by atoms with Gasteiger partial charge in [-0.25, -0.2) is 0 Å². The largest absolute Gasteiger partial charge is 0.309 e. The number of fused-ring (bicyclic) bond motifs is 1. The van der Waals surface area contributed by atoms with Gasteiger partial charge in [-0.15, -0.1) is 11.3 Å². The van der Waals surface area contributed by atoms with E-state index in [9.17, 15) is 0 Å². The number of aromatic nitrogens is 1. The first-order valence-corrected chi connectivity index (χ1v) is 8.54. The highest BCUT2D eigenvalue weighted by Gasteiger charge is 2.19. The van der Waals surface area contributed by atoms with Crippen LogP contribution in [-0.2, 0) is 12.2 Å². The van der Waals surface area contributed by atoms with Crippen LogP contribution in [0.15, 0.2) is 24.4 Å². The van der Waals surface area contributed by atoms with Crippen LogP contribution in [0, 0.1) is 6.92 Å². The number of pyridine rings is 1. The normalized spacial score (nSPS) is 16.1. The second kappa shape index (κ2) is 5.65. The third kappa shape index (κ3) is 2.71. The van der Waals surface area contributed by atoms with E-state index >= 15 is 0 Å². The van der Waals surface area contributed by atoms with Gasteiger partial charge in [0.15, 0.2) is 0 Å². The summed E-state index contributed by atoms with van der Waals surface area (Å²) in [7, 11) is 2.03. The zero-order valence-corrected chi connectivity index (χ0v) is 12.9. The maximum atomic E-state index is 4.42. The summed E-state index contributed by atoms with van der Waals surface area (Å²) in [6.07, 6.45) is 3.22. The van der Waals surface area contributed by atoms with E-state index < -0.39 is 0 Å². The van der Waals surface area contributed by atoms with Gasteiger partial charge in [-0.3, -0.25) is 4.98 Å². The lowest BCUT2D eigenvalue weighted by Gasteiger charge is -2.14. The zero-order valence-electron chi connectivity index (χ0n) is 11.3. The average molecular weight is 290 g/mol. The van der Waals surface area contributed by atoms with E-state index in [1.54, 1.807) is 4.88 Å². The number of nitrogens with one attached hydrogen (secondary N) is 1. The van der Waals surface area contributed by atoms with Crippen molar-refractivity contribution in [3.63, 3.8) is 0 Å². The predicted octanol–water partition coefficient (Wildman–Crippen LogP) is 3.55. The second-order valence-corrected chi connectivity index (χ2v) is 7.13. The van der Waals surface area contributed by atoms with E-state index in [0.717, 1.165) is 5.69 Å². The van der Waals surface area contributed by atoms with Crippen molar-refractivity contribution in [1.82, 2.24) is 10.3 Å². The second-order valence-electron chi connectivity index (χ2n) is 4.85. The van der Waals surface area contributed by atoms with Crippen LogP contribution in [0.2, 0.25) is 0 Å². The summed E-state index contributed by atoms with van der Waals surface area (Å²) in [5.41, 5.74) is 3.86. The first kappa shape index (κ1) is 13.2. The molecule has 3 rings (SSSR count). The lowest BCUT2D eigenvalue weighted by molar-refractivity contribution is 0.699. The van der Waals surface area contributed by atoms with Crippen molar-refractivity contribution in [3.05, 3.63) is 51.0 Å². The molecule has 0 saturated heterocycles. The topological polar surface area (TPSA) is 24.9 Å². The number of hydrogen-bond donors (Lipinski definition) is 1. The van der Waals surface area contributed by atoms with Gasteiger partial charge in [-0.2, -0.15) is 11.8 Å². The van der Waals surface area contributed by atoms with E-state index in [4.69, 9.17) is 0 Å². The monoisotopic (exact) mass is 290 g/mol. The van der Waals surface area contributed by atoms with Crippen LogP contribution in [0.4, 0.5) is 0 Å². The Balaban J connectivity index is 1.93. The molecule has 4 heteroatoms. The third-order valence-corrected chi connectivity index (χ3v) is 5.80. The summed E-state index contributed by atoms with van der Waals surface area (Å²) in [5.74, 6) is 2.44. The first-order valence-electron chi connectivity index (χ1n) is 6.57. The van der Waals surface area contributed by atoms with Crippen molar-refractivity contribution in [2.24, 2.45) is 0 Å². The third-order valence-electron chi connectivity index (χ3n) is 3.49. The fraction of sp³-hybridized carbons (Fsp3) is 0.400. The van der Waals surface area contributed by atoms with Crippen LogP contribution in [0.25, 0.3) is 0 Å². The molecule has 0 spiro atoms. The van der Waals surface area contributed by atoms with Crippen LogP contribution >= 0.6 is 23.1 Å². The Kier molecular flexibility index (Phi) is 3.91. The molecule has 0 aliphatic carbocycles. The van der Waals surface area contributed by atoms with E-state index in [0.29, 0.717) is 0 Å². The summed E-state index contributed by atoms with van der Waals surface area (Å²) in [6, 6.07) is 6.92. The molecule has 0 amide bonds.